The van der Waals surface area contributed by atoms with E-state index in [9.17, 15) is 22.8 Å². The molecule has 4 rings (SSSR count). The van der Waals surface area contributed by atoms with Gasteiger partial charge in [0.25, 0.3) is 12.0 Å². The van der Waals surface area contributed by atoms with Gasteiger partial charge in [0, 0.05) is 19.5 Å². The lowest BCUT2D eigenvalue weighted by atomic mass is 9.88. The molecule has 1 aliphatic heterocycles. The average Bonchev–Trinajstić information content (AvgIpc) is 2.74. The summed E-state index contributed by atoms with van der Waals surface area (Å²) in [4.78, 5) is 33.8. The fraction of sp³-hybridized carbons (Fsp3) is 0.364. The molecular formula is C22H21F4N5O2. The lowest BCUT2D eigenvalue weighted by molar-refractivity contribution is -0.143. The highest BCUT2D eigenvalue weighted by atomic mass is 19.3. The van der Waals surface area contributed by atoms with Crippen molar-refractivity contribution < 1.29 is 22.4 Å². The zero-order valence-corrected chi connectivity index (χ0v) is 18.1. The van der Waals surface area contributed by atoms with Gasteiger partial charge in [-0.3, -0.25) is 14.2 Å². The van der Waals surface area contributed by atoms with E-state index in [4.69, 9.17) is 0 Å². The number of hydrogen-bond donors (Lipinski definition) is 1. The largest absolute Gasteiger partial charge is 0.363 e. The number of anilines is 1. The summed E-state index contributed by atoms with van der Waals surface area (Å²) < 4.78 is 57.4. The maximum atomic E-state index is 15.5. The molecule has 1 fully saturated rings. The van der Waals surface area contributed by atoms with Crippen LogP contribution < -0.4 is 10.9 Å². The van der Waals surface area contributed by atoms with Crippen molar-refractivity contribution in [3.05, 3.63) is 63.5 Å². The zero-order chi connectivity index (χ0) is 24.1. The van der Waals surface area contributed by atoms with Gasteiger partial charge in [-0.25, -0.2) is 27.5 Å². The Bertz CT molecular complexity index is 1300. The Balaban J connectivity index is 1.76. The molecule has 0 unspecified atom stereocenters. The van der Waals surface area contributed by atoms with Gasteiger partial charge in [0.05, 0.1) is 35.6 Å². The van der Waals surface area contributed by atoms with Gasteiger partial charge < -0.3 is 10.2 Å². The number of nitrogens with one attached hydrogen (secondary N) is 1. The van der Waals surface area contributed by atoms with Crippen LogP contribution >= 0.6 is 0 Å². The van der Waals surface area contributed by atoms with Gasteiger partial charge in [0.1, 0.15) is 23.6 Å². The molecule has 1 aromatic carbocycles. The molecule has 33 heavy (non-hydrogen) atoms. The van der Waals surface area contributed by atoms with E-state index in [1.807, 2.05) is 0 Å². The van der Waals surface area contributed by atoms with E-state index in [1.54, 1.807) is 6.92 Å². The van der Waals surface area contributed by atoms with Crippen LogP contribution in [0.15, 0.2) is 35.4 Å². The smallest absolute Gasteiger partial charge is 0.266 e. The van der Waals surface area contributed by atoms with Crippen LogP contribution in [-0.2, 0) is 17.5 Å². The molecule has 1 saturated heterocycles. The summed E-state index contributed by atoms with van der Waals surface area (Å²) in [5.41, 5.74) is -3.26. The fourth-order valence-corrected chi connectivity index (χ4v) is 4.01. The second-order valence-electron chi connectivity index (χ2n) is 8.14. The lowest BCUT2D eigenvalue weighted by Crippen LogP contribution is -2.60. The topological polar surface area (TPSA) is 80.1 Å². The third kappa shape index (κ3) is 3.81. The van der Waals surface area contributed by atoms with Crippen molar-refractivity contribution in [2.75, 3.05) is 18.4 Å². The molecule has 0 radical (unpaired) electrons. The molecule has 3 aromatic rings. The molecule has 11 heteroatoms. The second-order valence-corrected chi connectivity index (χ2v) is 8.14. The summed E-state index contributed by atoms with van der Waals surface area (Å²) in [6.45, 7) is 2.39. The van der Waals surface area contributed by atoms with Gasteiger partial charge >= 0.3 is 0 Å². The van der Waals surface area contributed by atoms with Crippen LogP contribution in [0.4, 0.5) is 23.4 Å². The van der Waals surface area contributed by atoms with E-state index in [-0.39, 0.29) is 41.6 Å². The Morgan fingerprint density at radius 3 is 2.52 bits per heavy atom. The van der Waals surface area contributed by atoms with Crippen LogP contribution in [0.2, 0.25) is 0 Å². The molecule has 1 N–H and O–H groups in total. The molecule has 0 spiro atoms. The SMILES string of the molecule is CC(=O)N1CC(F)(c2cc3c(N[C@H](C)c4cccc(C(F)F)c4F)ncnc3n(C)c2=O)C1. The Morgan fingerprint density at radius 2 is 1.88 bits per heavy atom. The summed E-state index contributed by atoms with van der Waals surface area (Å²) >= 11 is 0. The summed E-state index contributed by atoms with van der Waals surface area (Å²) in [6.07, 6.45) is -1.78. The molecule has 0 saturated carbocycles. The normalized spacial score (nSPS) is 16.1. The minimum absolute atomic E-state index is 0.00246. The number of rotatable bonds is 5. The van der Waals surface area contributed by atoms with Crippen LogP contribution in [0.25, 0.3) is 11.0 Å². The number of carbonyl (C=O) groups is 1. The van der Waals surface area contributed by atoms with Gasteiger partial charge in [-0.15, -0.1) is 0 Å². The van der Waals surface area contributed by atoms with Crippen LogP contribution in [-0.4, -0.2) is 38.4 Å². The van der Waals surface area contributed by atoms with Gasteiger partial charge in [-0.2, -0.15) is 0 Å². The van der Waals surface area contributed by atoms with E-state index < -0.39 is 35.1 Å². The summed E-state index contributed by atoms with van der Waals surface area (Å²) in [7, 11) is 1.44. The molecular weight excluding hydrogens is 442 g/mol. The number of hydrogen-bond acceptors (Lipinski definition) is 5. The molecule has 1 atom stereocenters. The molecule has 0 aliphatic carbocycles. The number of alkyl halides is 3. The van der Waals surface area contributed by atoms with Gasteiger partial charge in [0.15, 0.2) is 5.67 Å². The quantitative estimate of drug-likeness (QED) is 0.585. The maximum Gasteiger partial charge on any atom is 0.266 e. The summed E-state index contributed by atoms with van der Waals surface area (Å²) in [5.74, 6) is -1.15. The monoisotopic (exact) mass is 463 g/mol. The first-order chi connectivity index (χ1) is 15.5. The van der Waals surface area contributed by atoms with Crippen molar-refractivity contribution in [2.45, 2.75) is 32.0 Å². The number of fused-ring (bicyclic) bond motifs is 1. The van der Waals surface area contributed by atoms with E-state index in [0.29, 0.717) is 5.39 Å². The number of carbonyl (C=O) groups excluding carboxylic acids is 1. The van der Waals surface area contributed by atoms with E-state index in [1.165, 1.54) is 48.0 Å². The number of likely N-dealkylation sites (tertiary alicyclic amines) is 1. The minimum Gasteiger partial charge on any atom is -0.363 e. The van der Waals surface area contributed by atoms with Crippen LogP contribution in [0.3, 0.4) is 0 Å². The Labute approximate surface area is 186 Å². The summed E-state index contributed by atoms with van der Waals surface area (Å²) in [5, 5.41) is 3.25. The molecule has 3 heterocycles. The second kappa shape index (κ2) is 8.13. The first-order valence-corrected chi connectivity index (χ1v) is 10.2. The zero-order valence-electron chi connectivity index (χ0n) is 18.1. The molecule has 0 bridgehead atoms. The average molecular weight is 463 g/mol. The van der Waals surface area contributed by atoms with Crippen molar-refractivity contribution in [2.24, 2.45) is 7.05 Å². The van der Waals surface area contributed by atoms with E-state index in [0.717, 1.165) is 6.07 Å². The number of benzene rings is 1. The van der Waals surface area contributed by atoms with Gasteiger partial charge in [0.2, 0.25) is 5.91 Å². The number of halogens is 4. The van der Waals surface area contributed by atoms with Crippen molar-refractivity contribution >= 4 is 22.8 Å². The molecule has 2 aromatic heterocycles. The Hall–Kier alpha value is -3.50. The van der Waals surface area contributed by atoms with Crippen molar-refractivity contribution in [1.29, 1.82) is 0 Å². The van der Waals surface area contributed by atoms with Crippen molar-refractivity contribution in [3.63, 3.8) is 0 Å². The number of amides is 1. The summed E-state index contributed by atoms with van der Waals surface area (Å²) in [6, 6.07) is 4.28. The first-order valence-electron chi connectivity index (χ1n) is 10.2. The lowest BCUT2D eigenvalue weighted by Gasteiger charge is -2.43. The standard InChI is InChI=1S/C22H21F4N5O2/c1-11(13-5-4-6-14(17(13)23)18(24)25)29-19-15-7-16(22(26)8-31(9-22)12(2)32)21(33)30(3)20(15)28-10-27-19/h4-7,10-11,18H,8-9H2,1-3H3,(H,27,28,29)/t11-/m1/s1. The highest BCUT2D eigenvalue weighted by Crippen LogP contribution is 2.36. The predicted octanol–water partition coefficient (Wildman–Crippen LogP) is 3.61. The van der Waals surface area contributed by atoms with Crippen molar-refractivity contribution in [3.8, 4) is 0 Å². The number of nitrogens with zero attached hydrogens (tertiary/aromatic N) is 4. The molecule has 7 nitrogen and oxygen atoms in total. The molecule has 174 valence electrons. The molecule has 1 amide bonds. The predicted molar refractivity (Wildman–Crippen MR) is 113 cm³/mol. The van der Waals surface area contributed by atoms with Gasteiger partial charge in [-0.1, -0.05) is 18.2 Å². The van der Waals surface area contributed by atoms with Crippen LogP contribution in [0, 0.1) is 5.82 Å². The third-order valence-electron chi connectivity index (χ3n) is 5.93. The first kappa shape index (κ1) is 22.7. The number of pyridine rings is 1. The maximum absolute atomic E-state index is 15.5. The highest BCUT2D eigenvalue weighted by Gasteiger charge is 2.48. The van der Waals surface area contributed by atoms with E-state index >= 15 is 4.39 Å². The van der Waals surface area contributed by atoms with Crippen molar-refractivity contribution in [1.82, 2.24) is 19.4 Å². The molecule has 1 aliphatic rings. The van der Waals surface area contributed by atoms with Gasteiger partial charge in [-0.05, 0) is 13.0 Å². The van der Waals surface area contributed by atoms with E-state index in [2.05, 4.69) is 15.3 Å². The highest BCUT2D eigenvalue weighted by molar-refractivity contribution is 5.87. The fourth-order valence-electron chi connectivity index (χ4n) is 4.01. The Morgan fingerprint density at radius 1 is 1.21 bits per heavy atom. The van der Waals surface area contributed by atoms with Crippen LogP contribution in [0.5, 0.6) is 0 Å². The third-order valence-corrected chi connectivity index (χ3v) is 5.93. The number of aryl methyl sites for hydroxylation is 1. The minimum atomic E-state index is -2.97. The number of aromatic nitrogens is 3. The Kier molecular flexibility index (Phi) is 5.59. The van der Waals surface area contributed by atoms with Crippen LogP contribution in [0.1, 0.15) is 43.0 Å².